The zero-order valence-corrected chi connectivity index (χ0v) is 16.8. The quantitative estimate of drug-likeness (QED) is 0.654. The number of hydrogen-bond donors (Lipinski definition) is 1. The number of nitrogens with two attached hydrogens (primary N) is 1. The zero-order valence-electron chi connectivity index (χ0n) is 15.1. The van der Waals surface area contributed by atoms with Gasteiger partial charge in [-0.25, -0.2) is 13.6 Å². The summed E-state index contributed by atoms with van der Waals surface area (Å²) in [6, 6.07) is 15.3. The number of benzene rings is 2. The summed E-state index contributed by atoms with van der Waals surface area (Å²) in [6.07, 6.45) is 1.06. The van der Waals surface area contributed by atoms with E-state index in [-0.39, 0.29) is 4.21 Å². The smallest absolute Gasteiger partial charge is 0.247 e. The van der Waals surface area contributed by atoms with Gasteiger partial charge in [0.1, 0.15) is 15.7 Å². The molecule has 2 aromatic carbocycles. The lowest BCUT2D eigenvalue weighted by atomic mass is 9.99. The lowest BCUT2D eigenvalue weighted by molar-refractivity contribution is 0.414. The van der Waals surface area contributed by atoms with Gasteiger partial charge in [-0.3, -0.25) is 0 Å². The molecule has 142 valence electrons. The Hall–Kier alpha value is -2.35. The molecule has 1 aromatic heterocycles. The molecule has 0 radical (unpaired) electrons. The van der Waals surface area contributed by atoms with Gasteiger partial charge in [-0.15, -0.1) is 11.3 Å². The molecule has 0 aliphatic heterocycles. The minimum absolute atomic E-state index is 0.211. The van der Waals surface area contributed by atoms with E-state index in [0.29, 0.717) is 12.8 Å². The first-order valence-electron chi connectivity index (χ1n) is 8.28. The Morgan fingerprint density at radius 1 is 0.926 bits per heavy atom. The maximum atomic E-state index is 12.1. The molecule has 0 unspecified atom stereocenters. The number of thiophene rings is 1. The molecule has 0 fully saturated rings. The van der Waals surface area contributed by atoms with Crippen molar-refractivity contribution in [1.82, 2.24) is 0 Å². The Morgan fingerprint density at radius 2 is 1.48 bits per heavy atom. The average Bonchev–Trinajstić information content (AvgIpc) is 3.04. The summed E-state index contributed by atoms with van der Waals surface area (Å²) in [7, 11) is -0.564. The van der Waals surface area contributed by atoms with Crippen molar-refractivity contribution in [2.45, 2.75) is 17.1 Å². The van der Waals surface area contributed by atoms with Crippen molar-refractivity contribution in [3.63, 3.8) is 0 Å². The Bertz CT molecular complexity index is 1040. The molecule has 0 spiro atoms. The molecule has 2 N–H and O–H groups in total. The molecule has 0 saturated carbocycles. The second kappa shape index (κ2) is 8.12. The predicted octanol–water partition coefficient (Wildman–Crippen LogP) is 3.59. The maximum absolute atomic E-state index is 12.1. The largest absolute Gasteiger partial charge is 0.497 e. The van der Waals surface area contributed by atoms with E-state index in [1.54, 1.807) is 14.2 Å². The van der Waals surface area contributed by atoms with Gasteiger partial charge < -0.3 is 9.47 Å². The van der Waals surface area contributed by atoms with Gasteiger partial charge in [0, 0.05) is 6.42 Å². The van der Waals surface area contributed by atoms with Crippen molar-refractivity contribution in [3.05, 3.63) is 76.2 Å². The third-order valence-corrected chi connectivity index (χ3v) is 6.86. The molecular formula is C20H21NO4S2. The third-order valence-electron chi connectivity index (χ3n) is 4.24. The maximum Gasteiger partial charge on any atom is 0.247 e. The molecular weight excluding hydrogens is 382 g/mol. The van der Waals surface area contributed by atoms with E-state index in [0.717, 1.165) is 33.8 Å². The van der Waals surface area contributed by atoms with Crippen LogP contribution in [0.4, 0.5) is 0 Å². The van der Waals surface area contributed by atoms with Gasteiger partial charge in [-0.2, -0.15) is 0 Å². The first-order chi connectivity index (χ1) is 12.9. The minimum Gasteiger partial charge on any atom is -0.497 e. The Balaban J connectivity index is 2.00. The van der Waals surface area contributed by atoms with Crippen molar-refractivity contribution in [2.75, 3.05) is 14.2 Å². The SMILES string of the molecule is COc1cccc(Cc2csc(S(N)(=O)=O)c2Cc2cccc(OC)c2)c1. The Kier molecular flexibility index (Phi) is 5.84. The Labute approximate surface area is 163 Å². The molecule has 0 amide bonds. The summed E-state index contributed by atoms with van der Waals surface area (Å²) in [6.45, 7) is 0. The molecule has 7 heteroatoms. The fourth-order valence-corrected chi connectivity index (χ4v) is 5.01. The van der Waals surface area contributed by atoms with Crippen LogP contribution in [0, 0.1) is 0 Å². The van der Waals surface area contributed by atoms with Crippen molar-refractivity contribution in [1.29, 1.82) is 0 Å². The molecule has 5 nitrogen and oxygen atoms in total. The van der Waals surface area contributed by atoms with E-state index in [1.165, 1.54) is 11.3 Å². The zero-order chi connectivity index (χ0) is 19.4. The van der Waals surface area contributed by atoms with E-state index in [4.69, 9.17) is 14.6 Å². The Morgan fingerprint density at radius 3 is 2.00 bits per heavy atom. The van der Waals surface area contributed by atoms with Gasteiger partial charge in [-0.05, 0) is 58.3 Å². The van der Waals surface area contributed by atoms with Gasteiger partial charge >= 0.3 is 0 Å². The van der Waals surface area contributed by atoms with Crippen LogP contribution in [0.5, 0.6) is 11.5 Å². The lowest BCUT2D eigenvalue weighted by Gasteiger charge is -2.09. The second-order valence-corrected chi connectivity index (χ2v) is 8.76. The van der Waals surface area contributed by atoms with Crippen molar-refractivity contribution in [2.24, 2.45) is 5.14 Å². The summed E-state index contributed by atoms with van der Waals surface area (Å²) in [5.41, 5.74) is 3.68. The molecule has 1 heterocycles. The summed E-state index contributed by atoms with van der Waals surface area (Å²) in [5, 5.41) is 7.33. The van der Waals surface area contributed by atoms with Crippen LogP contribution >= 0.6 is 11.3 Å². The number of primary sulfonamides is 1. The lowest BCUT2D eigenvalue weighted by Crippen LogP contribution is -2.13. The number of rotatable bonds is 7. The van der Waals surface area contributed by atoms with Crippen molar-refractivity contribution in [3.8, 4) is 11.5 Å². The van der Waals surface area contributed by atoms with E-state index < -0.39 is 10.0 Å². The average molecular weight is 404 g/mol. The highest BCUT2D eigenvalue weighted by Gasteiger charge is 2.21. The van der Waals surface area contributed by atoms with Crippen LogP contribution in [-0.2, 0) is 22.9 Å². The van der Waals surface area contributed by atoms with E-state index >= 15 is 0 Å². The third kappa shape index (κ3) is 4.68. The fourth-order valence-electron chi connectivity index (χ4n) is 2.96. The van der Waals surface area contributed by atoms with E-state index in [1.807, 2.05) is 53.9 Å². The minimum atomic E-state index is -3.79. The molecule has 0 aliphatic carbocycles. The highest BCUT2D eigenvalue weighted by Crippen LogP contribution is 2.31. The summed E-state index contributed by atoms with van der Waals surface area (Å²) < 4.78 is 34.9. The van der Waals surface area contributed by atoms with Crippen LogP contribution in [-0.4, -0.2) is 22.6 Å². The molecule has 0 bridgehead atoms. The van der Waals surface area contributed by atoms with E-state index in [2.05, 4.69) is 0 Å². The molecule has 0 aliphatic rings. The molecule has 3 rings (SSSR count). The normalized spacial score (nSPS) is 11.4. The van der Waals surface area contributed by atoms with Crippen LogP contribution < -0.4 is 14.6 Å². The number of methoxy groups -OCH3 is 2. The van der Waals surface area contributed by atoms with Gasteiger partial charge in [0.05, 0.1) is 14.2 Å². The standard InChI is InChI=1S/C20H21NO4S2/c1-24-17-7-3-5-14(10-17)9-16-13-26-20(27(21,22)23)19(16)12-15-6-4-8-18(11-15)25-2/h3-8,10-11,13H,9,12H2,1-2H3,(H2,21,22,23). The van der Waals surface area contributed by atoms with Gasteiger partial charge in [0.2, 0.25) is 10.0 Å². The topological polar surface area (TPSA) is 78.6 Å². The summed E-state index contributed by atoms with van der Waals surface area (Å²) in [5.74, 6) is 1.50. The van der Waals surface area contributed by atoms with Gasteiger partial charge in [0.15, 0.2) is 0 Å². The van der Waals surface area contributed by atoms with Crippen LogP contribution in [0.15, 0.2) is 58.1 Å². The van der Waals surface area contributed by atoms with Crippen LogP contribution in [0.2, 0.25) is 0 Å². The number of hydrogen-bond acceptors (Lipinski definition) is 5. The van der Waals surface area contributed by atoms with Crippen LogP contribution in [0.25, 0.3) is 0 Å². The molecule has 0 saturated heterocycles. The van der Waals surface area contributed by atoms with Gasteiger partial charge in [-0.1, -0.05) is 24.3 Å². The highest BCUT2D eigenvalue weighted by molar-refractivity contribution is 7.91. The summed E-state index contributed by atoms with van der Waals surface area (Å²) >= 11 is 1.17. The van der Waals surface area contributed by atoms with Gasteiger partial charge in [0.25, 0.3) is 0 Å². The first kappa shape index (κ1) is 19.4. The van der Waals surface area contributed by atoms with Crippen molar-refractivity contribution < 1.29 is 17.9 Å². The first-order valence-corrected chi connectivity index (χ1v) is 10.7. The summed E-state index contributed by atoms with van der Waals surface area (Å²) in [4.78, 5) is 0. The number of ether oxygens (including phenoxy) is 2. The molecule has 27 heavy (non-hydrogen) atoms. The second-order valence-electron chi connectivity index (χ2n) is 6.13. The monoisotopic (exact) mass is 403 g/mol. The fraction of sp³-hybridized carbons (Fsp3) is 0.200. The number of sulfonamides is 1. The predicted molar refractivity (Wildman–Crippen MR) is 107 cm³/mol. The van der Waals surface area contributed by atoms with Crippen molar-refractivity contribution >= 4 is 21.4 Å². The highest BCUT2D eigenvalue weighted by atomic mass is 32.2. The van der Waals surface area contributed by atoms with Crippen LogP contribution in [0.3, 0.4) is 0 Å². The molecule has 3 aromatic rings. The molecule has 0 atom stereocenters. The van der Waals surface area contributed by atoms with Crippen LogP contribution in [0.1, 0.15) is 22.3 Å². The van der Waals surface area contributed by atoms with E-state index in [9.17, 15) is 8.42 Å².